The molecule has 0 atom stereocenters. The van der Waals surface area contributed by atoms with E-state index in [0.717, 1.165) is 12.8 Å². The van der Waals surface area contributed by atoms with Crippen LogP contribution in [0.15, 0.2) is 41.4 Å². The van der Waals surface area contributed by atoms with E-state index in [1.807, 2.05) is 6.07 Å². The van der Waals surface area contributed by atoms with Crippen molar-refractivity contribution in [2.24, 2.45) is 4.99 Å². The van der Waals surface area contributed by atoms with Gasteiger partial charge in [-0.3, -0.25) is 4.99 Å². The molecule has 0 saturated heterocycles. The SMILES string of the molecule is CN=C(NCc1ccccc1F)NC1CC=CC1. The molecule has 0 spiro atoms. The van der Waals surface area contributed by atoms with Gasteiger partial charge in [0.2, 0.25) is 0 Å². The Hall–Kier alpha value is -1.84. The van der Waals surface area contributed by atoms with Crippen LogP contribution in [0.25, 0.3) is 0 Å². The van der Waals surface area contributed by atoms with Gasteiger partial charge in [-0.25, -0.2) is 4.39 Å². The lowest BCUT2D eigenvalue weighted by molar-refractivity contribution is 0.599. The summed E-state index contributed by atoms with van der Waals surface area (Å²) in [6, 6.07) is 7.16. The van der Waals surface area contributed by atoms with Crippen LogP contribution in [0.3, 0.4) is 0 Å². The number of guanidine groups is 1. The normalized spacial score (nSPS) is 16.0. The smallest absolute Gasteiger partial charge is 0.191 e. The lowest BCUT2D eigenvalue weighted by atomic mass is 10.2. The summed E-state index contributed by atoms with van der Waals surface area (Å²) < 4.78 is 13.4. The molecule has 1 aromatic rings. The van der Waals surface area contributed by atoms with E-state index in [9.17, 15) is 4.39 Å². The average Bonchev–Trinajstić information content (AvgIpc) is 2.89. The number of benzene rings is 1. The molecule has 96 valence electrons. The molecule has 0 heterocycles. The van der Waals surface area contributed by atoms with Crippen molar-refractivity contribution in [3.63, 3.8) is 0 Å². The van der Waals surface area contributed by atoms with Gasteiger partial charge in [0.25, 0.3) is 0 Å². The summed E-state index contributed by atoms with van der Waals surface area (Å²) in [6.07, 6.45) is 6.34. The van der Waals surface area contributed by atoms with Gasteiger partial charge in [0.15, 0.2) is 5.96 Å². The average molecular weight is 247 g/mol. The van der Waals surface area contributed by atoms with Crippen LogP contribution in [0, 0.1) is 5.82 Å². The Morgan fingerprint density at radius 3 is 2.72 bits per heavy atom. The highest BCUT2D eigenvalue weighted by Crippen LogP contribution is 2.09. The Balaban J connectivity index is 1.86. The monoisotopic (exact) mass is 247 g/mol. The van der Waals surface area contributed by atoms with E-state index in [1.165, 1.54) is 6.07 Å². The number of aliphatic imine (C=N–C) groups is 1. The molecule has 2 N–H and O–H groups in total. The predicted octanol–water partition coefficient (Wildman–Crippen LogP) is 2.21. The standard InChI is InChI=1S/C14H18FN3/c1-16-14(18-12-7-3-4-8-12)17-10-11-6-2-5-9-13(11)15/h2-6,9,12H,7-8,10H2,1H3,(H2,16,17,18). The first-order valence-corrected chi connectivity index (χ1v) is 6.15. The van der Waals surface area contributed by atoms with Gasteiger partial charge in [0.1, 0.15) is 5.82 Å². The molecule has 0 radical (unpaired) electrons. The first-order valence-electron chi connectivity index (χ1n) is 6.15. The highest BCUT2D eigenvalue weighted by molar-refractivity contribution is 5.80. The molecule has 2 rings (SSSR count). The molecule has 1 aliphatic rings. The zero-order valence-electron chi connectivity index (χ0n) is 10.5. The molecular weight excluding hydrogens is 229 g/mol. The summed E-state index contributed by atoms with van der Waals surface area (Å²) >= 11 is 0. The van der Waals surface area contributed by atoms with Crippen molar-refractivity contribution in [2.45, 2.75) is 25.4 Å². The lowest BCUT2D eigenvalue weighted by Crippen LogP contribution is -2.42. The molecule has 18 heavy (non-hydrogen) atoms. The van der Waals surface area contributed by atoms with Crippen LogP contribution in [0.5, 0.6) is 0 Å². The van der Waals surface area contributed by atoms with Crippen molar-refractivity contribution in [3.05, 3.63) is 47.8 Å². The fourth-order valence-corrected chi connectivity index (χ4v) is 1.94. The quantitative estimate of drug-likeness (QED) is 0.488. The number of nitrogens with zero attached hydrogens (tertiary/aromatic N) is 1. The second kappa shape index (κ2) is 6.19. The fourth-order valence-electron chi connectivity index (χ4n) is 1.94. The summed E-state index contributed by atoms with van der Waals surface area (Å²) in [6.45, 7) is 0.437. The zero-order chi connectivity index (χ0) is 12.8. The van der Waals surface area contributed by atoms with Crippen LogP contribution in [0.4, 0.5) is 4.39 Å². The molecule has 3 nitrogen and oxygen atoms in total. The van der Waals surface area contributed by atoms with Crippen molar-refractivity contribution in [2.75, 3.05) is 7.05 Å². The van der Waals surface area contributed by atoms with E-state index >= 15 is 0 Å². The third kappa shape index (κ3) is 3.32. The molecule has 0 amide bonds. The summed E-state index contributed by atoms with van der Waals surface area (Å²) in [4.78, 5) is 4.14. The highest BCUT2D eigenvalue weighted by Gasteiger charge is 2.11. The summed E-state index contributed by atoms with van der Waals surface area (Å²) in [5.74, 6) is 0.523. The highest BCUT2D eigenvalue weighted by atomic mass is 19.1. The van der Waals surface area contributed by atoms with Crippen LogP contribution in [-0.2, 0) is 6.54 Å². The van der Waals surface area contributed by atoms with Crippen molar-refractivity contribution in [1.82, 2.24) is 10.6 Å². The summed E-state index contributed by atoms with van der Waals surface area (Å²) in [5, 5.41) is 6.43. The molecule has 0 fully saturated rings. The largest absolute Gasteiger partial charge is 0.353 e. The van der Waals surface area contributed by atoms with Crippen LogP contribution in [0.1, 0.15) is 18.4 Å². The summed E-state index contributed by atoms with van der Waals surface area (Å²) in [5.41, 5.74) is 0.644. The van der Waals surface area contributed by atoms with Gasteiger partial charge in [0, 0.05) is 25.2 Å². The third-order valence-electron chi connectivity index (χ3n) is 2.98. The number of hydrogen-bond acceptors (Lipinski definition) is 1. The van der Waals surface area contributed by atoms with Crippen molar-refractivity contribution < 1.29 is 4.39 Å². The molecular formula is C14H18FN3. The van der Waals surface area contributed by atoms with Crippen molar-refractivity contribution >= 4 is 5.96 Å². The van der Waals surface area contributed by atoms with E-state index in [2.05, 4.69) is 27.8 Å². The summed E-state index contributed by atoms with van der Waals surface area (Å²) in [7, 11) is 1.72. The van der Waals surface area contributed by atoms with Crippen LogP contribution in [-0.4, -0.2) is 19.0 Å². The Morgan fingerprint density at radius 1 is 1.33 bits per heavy atom. The van der Waals surface area contributed by atoms with Gasteiger partial charge < -0.3 is 10.6 Å². The number of halogens is 1. The minimum Gasteiger partial charge on any atom is -0.353 e. The fraction of sp³-hybridized carbons (Fsp3) is 0.357. The lowest BCUT2D eigenvalue weighted by Gasteiger charge is -2.17. The first-order chi connectivity index (χ1) is 8.79. The second-order valence-corrected chi connectivity index (χ2v) is 4.30. The molecule has 4 heteroatoms. The van der Waals surface area contributed by atoms with E-state index in [-0.39, 0.29) is 5.82 Å². The Kier molecular flexibility index (Phi) is 4.34. The topological polar surface area (TPSA) is 36.4 Å². The molecule has 0 saturated carbocycles. The van der Waals surface area contributed by atoms with Gasteiger partial charge in [0.05, 0.1) is 0 Å². The first kappa shape index (κ1) is 12.6. The van der Waals surface area contributed by atoms with Gasteiger partial charge in [-0.15, -0.1) is 0 Å². The molecule has 1 aliphatic carbocycles. The Bertz CT molecular complexity index is 446. The molecule has 0 unspecified atom stereocenters. The van der Waals surface area contributed by atoms with Crippen molar-refractivity contribution in [3.8, 4) is 0 Å². The van der Waals surface area contributed by atoms with Gasteiger partial charge in [-0.05, 0) is 18.9 Å². The Morgan fingerprint density at radius 2 is 2.06 bits per heavy atom. The minimum absolute atomic E-state index is 0.192. The van der Waals surface area contributed by atoms with Crippen LogP contribution >= 0.6 is 0 Å². The van der Waals surface area contributed by atoms with Gasteiger partial charge in [-0.1, -0.05) is 30.4 Å². The van der Waals surface area contributed by atoms with E-state index in [1.54, 1.807) is 19.2 Å². The van der Waals surface area contributed by atoms with E-state index in [4.69, 9.17) is 0 Å². The van der Waals surface area contributed by atoms with E-state index in [0.29, 0.717) is 24.1 Å². The van der Waals surface area contributed by atoms with E-state index < -0.39 is 0 Å². The number of nitrogens with one attached hydrogen (secondary N) is 2. The van der Waals surface area contributed by atoms with Gasteiger partial charge >= 0.3 is 0 Å². The number of hydrogen-bond donors (Lipinski definition) is 2. The maximum absolute atomic E-state index is 13.4. The molecule has 0 bridgehead atoms. The molecule has 1 aromatic carbocycles. The Labute approximate surface area is 107 Å². The number of rotatable bonds is 3. The van der Waals surface area contributed by atoms with Crippen molar-refractivity contribution in [1.29, 1.82) is 0 Å². The minimum atomic E-state index is -0.192. The van der Waals surface area contributed by atoms with Crippen LogP contribution < -0.4 is 10.6 Å². The molecule has 0 aromatic heterocycles. The maximum atomic E-state index is 13.4. The van der Waals surface area contributed by atoms with Gasteiger partial charge in [-0.2, -0.15) is 0 Å². The predicted molar refractivity (Wildman–Crippen MR) is 71.9 cm³/mol. The second-order valence-electron chi connectivity index (χ2n) is 4.30. The maximum Gasteiger partial charge on any atom is 0.191 e. The van der Waals surface area contributed by atoms with Crippen LogP contribution in [0.2, 0.25) is 0 Å². The zero-order valence-corrected chi connectivity index (χ0v) is 10.5. The third-order valence-corrected chi connectivity index (χ3v) is 2.98. The molecule has 0 aliphatic heterocycles.